The topological polar surface area (TPSA) is 99.8 Å². The van der Waals surface area contributed by atoms with Crippen LogP contribution in [0.1, 0.15) is 48.3 Å². The van der Waals surface area contributed by atoms with Crippen LogP contribution in [0.25, 0.3) is 16.9 Å². The molecule has 8 nitrogen and oxygen atoms in total. The van der Waals surface area contributed by atoms with Gasteiger partial charge in [-0.1, -0.05) is 30.3 Å². The molecule has 3 heterocycles. The van der Waals surface area contributed by atoms with Crippen LogP contribution in [-0.4, -0.2) is 61.8 Å². The van der Waals surface area contributed by atoms with Gasteiger partial charge in [0.15, 0.2) is 5.65 Å². The Morgan fingerprint density at radius 2 is 1.86 bits per heavy atom. The molecular weight excluding hydrogens is 475 g/mol. The van der Waals surface area contributed by atoms with Crippen molar-refractivity contribution in [3.63, 3.8) is 0 Å². The molecule has 2 aromatic heterocycles. The first kappa shape index (κ1) is 25.6. The smallest absolute Gasteiger partial charge is 0.475 e. The molecular formula is C25H28F3N5O3. The maximum atomic E-state index is 13.2. The summed E-state index contributed by atoms with van der Waals surface area (Å²) in [4.78, 5) is 29.4. The summed E-state index contributed by atoms with van der Waals surface area (Å²) in [5.74, 6) is -2.12. The Morgan fingerprint density at radius 1 is 1.19 bits per heavy atom. The minimum absolute atomic E-state index is 0.00633. The summed E-state index contributed by atoms with van der Waals surface area (Å²) in [6, 6.07) is 10.5. The van der Waals surface area contributed by atoms with Gasteiger partial charge in [-0.15, -0.1) is 0 Å². The number of carbonyl (C=O) groups is 2. The summed E-state index contributed by atoms with van der Waals surface area (Å²) in [5, 5.41) is 15.0. The summed E-state index contributed by atoms with van der Waals surface area (Å²) < 4.78 is 33.6. The van der Waals surface area contributed by atoms with Crippen molar-refractivity contribution >= 4 is 17.5 Å². The van der Waals surface area contributed by atoms with E-state index in [2.05, 4.69) is 24.1 Å². The molecule has 1 fully saturated rings. The van der Waals surface area contributed by atoms with Crippen LogP contribution >= 0.6 is 0 Å². The third-order valence-electron chi connectivity index (χ3n) is 6.37. The number of rotatable bonds is 5. The highest BCUT2D eigenvalue weighted by Crippen LogP contribution is 2.31. The van der Waals surface area contributed by atoms with Crippen LogP contribution in [-0.2, 0) is 17.8 Å². The number of nitrogens with one attached hydrogen (secondary N) is 1. The zero-order chi connectivity index (χ0) is 26.0. The number of carbonyl (C=O) groups excluding carboxylic acids is 1. The van der Waals surface area contributed by atoms with Gasteiger partial charge in [-0.2, -0.15) is 18.3 Å². The van der Waals surface area contributed by atoms with Crippen molar-refractivity contribution in [2.24, 2.45) is 5.92 Å². The molecule has 1 aliphatic carbocycles. The van der Waals surface area contributed by atoms with Crippen LogP contribution in [0.2, 0.25) is 0 Å². The second-order valence-corrected chi connectivity index (χ2v) is 9.31. The molecule has 1 amide bonds. The average Bonchev–Trinajstić information content (AvgIpc) is 3.62. The van der Waals surface area contributed by atoms with Gasteiger partial charge in [0.2, 0.25) is 0 Å². The Morgan fingerprint density at radius 3 is 2.44 bits per heavy atom. The lowest BCUT2D eigenvalue weighted by Crippen LogP contribution is -2.37. The number of aromatic nitrogens is 3. The van der Waals surface area contributed by atoms with Gasteiger partial charge in [0.05, 0.1) is 23.1 Å². The van der Waals surface area contributed by atoms with E-state index in [0.29, 0.717) is 23.2 Å². The maximum Gasteiger partial charge on any atom is 0.490 e. The predicted molar refractivity (Wildman–Crippen MR) is 126 cm³/mol. The fraction of sp³-hybridized carbons (Fsp3) is 0.440. The van der Waals surface area contributed by atoms with E-state index in [1.807, 2.05) is 41.0 Å². The van der Waals surface area contributed by atoms with E-state index in [9.17, 15) is 18.0 Å². The standard InChI is InChI=1S/C23H27N5O.C2HF3O2/c1-15(2)27-11-10-18-20(14-27)28-22(21(18)23(29)24-12-16-8-9-16)26-19(13-25-28)17-6-4-3-5-7-17;3-2(4,5)1(6)7/h3-7,13,15-16H,8-12,14H2,1-2H3,(H,24,29);(H,6,7). The van der Waals surface area contributed by atoms with Crippen LogP contribution in [0.4, 0.5) is 13.2 Å². The third kappa shape index (κ3) is 5.67. The minimum atomic E-state index is -5.08. The highest BCUT2D eigenvalue weighted by atomic mass is 19.4. The van der Waals surface area contributed by atoms with Gasteiger partial charge in [-0.3, -0.25) is 9.69 Å². The number of benzene rings is 1. The molecule has 0 spiro atoms. The van der Waals surface area contributed by atoms with Gasteiger partial charge in [0, 0.05) is 31.2 Å². The molecule has 192 valence electrons. The summed E-state index contributed by atoms with van der Waals surface area (Å²) in [6.45, 7) is 6.93. The Balaban J connectivity index is 0.000000384. The van der Waals surface area contributed by atoms with E-state index in [-0.39, 0.29) is 5.91 Å². The summed E-state index contributed by atoms with van der Waals surface area (Å²) in [6.07, 6.45) is 0.0145. The Bertz CT molecular complexity index is 1250. The van der Waals surface area contributed by atoms with Crippen molar-refractivity contribution in [3.8, 4) is 11.3 Å². The number of hydrogen-bond acceptors (Lipinski definition) is 5. The molecule has 0 unspecified atom stereocenters. The van der Waals surface area contributed by atoms with E-state index in [1.165, 1.54) is 12.8 Å². The van der Waals surface area contributed by atoms with Gasteiger partial charge in [-0.25, -0.2) is 14.3 Å². The summed E-state index contributed by atoms with van der Waals surface area (Å²) in [7, 11) is 0. The Labute approximate surface area is 206 Å². The molecule has 3 aromatic rings. The van der Waals surface area contributed by atoms with E-state index in [0.717, 1.165) is 48.6 Å². The lowest BCUT2D eigenvalue weighted by Gasteiger charge is -2.30. The second-order valence-electron chi connectivity index (χ2n) is 9.31. The number of amides is 1. The molecule has 2 aliphatic rings. The third-order valence-corrected chi connectivity index (χ3v) is 6.37. The number of halogens is 3. The largest absolute Gasteiger partial charge is 0.490 e. The maximum absolute atomic E-state index is 13.2. The normalized spacial score (nSPS) is 15.8. The quantitative estimate of drug-likeness (QED) is 0.547. The molecule has 36 heavy (non-hydrogen) atoms. The highest BCUT2D eigenvalue weighted by molar-refractivity contribution is 6.02. The van der Waals surface area contributed by atoms with Crippen LogP contribution in [0.5, 0.6) is 0 Å². The molecule has 11 heteroatoms. The van der Waals surface area contributed by atoms with Gasteiger partial charge in [0.25, 0.3) is 5.91 Å². The molecule has 1 aliphatic heterocycles. The molecule has 0 atom stereocenters. The van der Waals surface area contributed by atoms with Crippen molar-refractivity contribution < 1.29 is 27.9 Å². The van der Waals surface area contributed by atoms with Gasteiger partial charge in [-0.05, 0) is 44.6 Å². The number of nitrogens with zero attached hydrogens (tertiary/aromatic N) is 4. The lowest BCUT2D eigenvalue weighted by molar-refractivity contribution is -0.192. The molecule has 1 aromatic carbocycles. The first-order valence-corrected chi connectivity index (χ1v) is 11.8. The van der Waals surface area contributed by atoms with Crippen molar-refractivity contribution in [1.82, 2.24) is 24.8 Å². The zero-order valence-corrected chi connectivity index (χ0v) is 20.0. The van der Waals surface area contributed by atoms with Gasteiger partial charge in [0.1, 0.15) is 0 Å². The number of alkyl halides is 3. The monoisotopic (exact) mass is 503 g/mol. The number of carboxylic acids is 1. The first-order valence-electron chi connectivity index (χ1n) is 11.8. The van der Waals surface area contributed by atoms with E-state index in [4.69, 9.17) is 20.0 Å². The number of fused-ring (bicyclic) bond motifs is 3. The van der Waals surface area contributed by atoms with E-state index in [1.54, 1.807) is 0 Å². The minimum Gasteiger partial charge on any atom is -0.475 e. The fourth-order valence-electron chi connectivity index (χ4n) is 4.16. The molecule has 5 rings (SSSR count). The predicted octanol–water partition coefficient (Wildman–Crippen LogP) is 3.94. The van der Waals surface area contributed by atoms with Crippen molar-refractivity contribution in [2.45, 2.75) is 51.9 Å². The van der Waals surface area contributed by atoms with Gasteiger partial charge >= 0.3 is 12.1 Å². The van der Waals surface area contributed by atoms with Crippen molar-refractivity contribution in [2.75, 3.05) is 13.1 Å². The molecule has 0 saturated heterocycles. The van der Waals surface area contributed by atoms with Crippen LogP contribution in [0, 0.1) is 5.92 Å². The van der Waals surface area contributed by atoms with Gasteiger partial charge < -0.3 is 10.4 Å². The molecule has 0 radical (unpaired) electrons. The molecule has 2 N–H and O–H groups in total. The molecule has 0 bridgehead atoms. The van der Waals surface area contributed by atoms with E-state index >= 15 is 0 Å². The Kier molecular flexibility index (Phi) is 7.30. The fourth-order valence-corrected chi connectivity index (χ4v) is 4.16. The molecule has 1 saturated carbocycles. The van der Waals surface area contributed by atoms with Crippen LogP contribution < -0.4 is 5.32 Å². The van der Waals surface area contributed by atoms with Crippen LogP contribution in [0.15, 0.2) is 36.5 Å². The number of aliphatic carboxylic acids is 1. The number of carboxylic acid groups (broad SMARTS) is 1. The zero-order valence-electron chi connectivity index (χ0n) is 20.0. The summed E-state index contributed by atoms with van der Waals surface area (Å²) in [5.41, 5.74) is 5.41. The van der Waals surface area contributed by atoms with Crippen molar-refractivity contribution in [3.05, 3.63) is 53.3 Å². The summed E-state index contributed by atoms with van der Waals surface area (Å²) >= 11 is 0. The highest BCUT2D eigenvalue weighted by Gasteiger charge is 2.38. The first-order chi connectivity index (χ1) is 17.1. The van der Waals surface area contributed by atoms with Crippen molar-refractivity contribution in [1.29, 1.82) is 0 Å². The SMILES string of the molecule is CC(C)N1CCc2c(C(=O)NCC3CC3)c3nc(-c4ccccc4)cnn3c2C1.O=C(O)C(F)(F)F. The van der Waals surface area contributed by atoms with Crippen LogP contribution in [0.3, 0.4) is 0 Å². The lowest BCUT2D eigenvalue weighted by atomic mass is 10.0. The Hall–Kier alpha value is -3.47. The number of hydrogen-bond donors (Lipinski definition) is 2. The average molecular weight is 504 g/mol. The second kappa shape index (κ2) is 10.3. The van der Waals surface area contributed by atoms with E-state index < -0.39 is 12.1 Å².